The summed E-state index contributed by atoms with van der Waals surface area (Å²) in [5.41, 5.74) is 2.76. The lowest BCUT2D eigenvalue weighted by Crippen LogP contribution is -2.45. The molecule has 1 amide bonds. The van der Waals surface area contributed by atoms with Gasteiger partial charge in [-0.25, -0.2) is 4.39 Å². The molecule has 1 heterocycles. The normalized spacial score (nSPS) is 15.4. The third-order valence-corrected chi connectivity index (χ3v) is 6.12. The summed E-state index contributed by atoms with van der Waals surface area (Å²) in [6.07, 6.45) is 1.23. The third kappa shape index (κ3) is 5.42. The number of benzene rings is 3. The third-order valence-electron chi connectivity index (χ3n) is 6.12. The molecule has 0 atom stereocenters. The largest absolute Gasteiger partial charge is 0.381 e. The fourth-order valence-electron chi connectivity index (χ4n) is 4.25. The van der Waals surface area contributed by atoms with Gasteiger partial charge in [-0.2, -0.15) is 0 Å². The van der Waals surface area contributed by atoms with Crippen molar-refractivity contribution in [2.24, 2.45) is 0 Å². The highest BCUT2D eigenvalue weighted by Crippen LogP contribution is 2.34. The second-order valence-corrected chi connectivity index (χ2v) is 8.19. The zero-order valence-corrected chi connectivity index (χ0v) is 18.0. The van der Waals surface area contributed by atoms with E-state index in [1.54, 1.807) is 0 Å². The minimum atomic E-state index is -0.322. The molecule has 166 valence electrons. The summed E-state index contributed by atoms with van der Waals surface area (Å²) in [6.45, 7) is 1.65. The van der Waals surface area contributed by atoms with Gasteiger partial charge in [-0.05, 0) is 41.7 Å². The molecule has 0 aromatic heterocycles. The predicted octanol–water partition coefficient (Wildman–Crippen LogP) is 4.80. The van der Waals surface area contributed by atoms with Gasteiger partial charge in [0.1, 0.15) is 18.5 Å². The van der Waals surface area contributed by atoms with E-state index in [9.17, 15) is 9.18 Å². The molecule has 32 heavy (non-hydrogen) atoms. The molecular formula is C27H28FNO3. The first-order chi connectivity index (χ1) is 15.7. The molecule has 5 heteroatoms. The molecule has 3 aromatic rings. The Morgan fingerprint density at radius 2 is 1.47 bits per heavy atom. The number of rotatable bonds is 8. The zero-order valence-electron chi connectivity index (χ0n) is 18.0. The summed E-state index contributed by atoms with van der Waals surface area (Å²) < 4.78 is 25.1. The molecule has 1 saturated heterocycles. The average Bonchev–Trinajstić information content (AvgIpc) is 2.85. The smallest absolute Gasteiger partial charge is 0.246 e. The maximum Gasteiger partial charge on any atom is 0.246 e. The molecule has 4 rings (SSSR count). The summed E-state index contributed by atoms with van der Waals surface area (Å²) in [6, 6.07) is 26.3. The molecule has 4 nitrogen and oxygen atoms in total. The van der Waals surface area contributed by atoms with Crippen molar-refractivity contribution in [1.82, 2.24) is 5.32 Å². The summed E-state index contributed by atoms with van der Waals surface area (Å²) in [7, 11) is 0. The van der Waals surface area contributed by atoms with Crippen molar-refractivity contribution in [2.45, 2.75) is 24.4 Å². The van der Waals surface area contributed by atoms with Crippen LogP contribution in [0, 0.1) is 5.82 Å². The van der Waals surface area contributed by atoms with Crippen LogP contribution in [-0.2, 0) is 19.7 Å². The Bertz CT molecular complexity index is 947. The Balaban J connectivity index is 1.42. The maximum atomic E-state index is 13.4. The second kappa shape index (κ2) is 10.5. The molecule has 0 aliphatic carbocycles. The summed E-state index contributed by atoms with van der Waals surface area (Å²) >= 11 is 0. The molecule has 0 bridgehead atoms. The lowest BCUT2D eigenvalue weighted by atomic mass is 9.74. The van der Waals surface area contributed by atoms with Crippen molar-refractivity contribution in [3.63, 3.8) is 0 Å². The van der Waals surface area contributed by atoms with Crippen molar-refractivity contribution < 1.29 is 18.7 Å². The molecule has 3 aromatic carbocycles. The highest BCUT2D eigenvalue weighted by atomic mass is 19.1. The Morgan fingerprint density at radius 1 is 0.906 bits per heavy atom. The second-order valence-electron chi connectivity index (χ2n) is 8.19. The minimum Gasteiger partial charge on any atom is -0.381 e. The van der Waals surface area contributed by atoms with Crippen LogP contribution in [-0.4, -0.2) is 32.3 Å². The van der Waals surface area contributed by atoms with E-state index in [4.69, 9.17) is 9.47 Å². The number of hydrogen-bond donors (Lipinski definition) is 1. The van der Waals surface area contributed by atoms with Crippen LogP contribution in [0.25, 0.3) is 0 Å². The van der Waals surface area contributed by atoms with Crippen molar-refractivity contribution in [3.8, 4) is 0 Å². The van der Waals surface area contributed by atoms with Crippen LogP contribution in [0.2, 0.25) is 0 Å². The Kier molecular flexibility index (Phi) is 7.30. The zero-order chi connectivity index (χ0) is 22.2. The number of ether oxygens (including phenoxy) is 2. The van der Waals surface area contributed by atoms with Gasteiger partial charge in [0, 0.05) is 25.2 Å². The van der Waals surface area contributed by atoms with Crippen LogP contribution in [0.5, 0.6) is 0 Å². The highest BCUT2D eigenvalue weighted by molar-refractivity contribution is 5.77. The van der Waals surface area contributed by atoms with E-state index in [1.807, 2.05) is 72.8 Å². The number of nitrogens with one attached hydrogen (secondary N) is 1. The molecule has 0 unspecified atom stereocenters. The molecular weight excluding hydrogens is 405 g/mol. The number of amides is 1. The first-order valence-corrected chi connectivity index (χ1v) is 11.0. The molecule has 1 aliphatic rings. The highest BCUT2D eigenvalue weighted by Gasteiger charge is 2.35. The monoisotopic (exact) mass is 433 g/mol. The summed E-state index contributed by atoms with van der Waals surface area (Å²) in [5, 5.41) is 3.05. The van der Waals surface area contributed by atoms with Gasteiger partial charge >= 0.3 is 0 Å². The van der Waals surface area contributed by atoms with Gasteiger partial charge < -0.3 is 14.8 Å². The van der Waals surface area contributed by atoms with E-state index in [0.717, 1.165) is 29.5 Å². The molecule has 1 N–H and O–H groups in total. The Morgan fingerprint density at radius 3 is 2.03 bits per heavy atom. The fourth-order valence-corrected chi connectivity index (χ4v) is 4.25. The quantitative estimate of drug-likeness (QED) is 0.555. The first kappa shape index (κ1) is 22.2. The van der Waals surface area contributed by atoms with Gasteiger partial charge in [0.25, 0.3) is 0 Å². The van der Waals surface area contributed by atoms with Gasteiger partial charge in [0.2, 0.25) is 5.91 Å². The molecule has 0 radical (unpaired) electrons. The van der Waals surface area contributed by atoms with E-state index in [-0.39, 0.29) is 29.9 Å². The Labute approximate surface area is 188 Å². The lowest BCUT2D eigenvalue weighted by molar-refractivity contribution is -0.127. The van der Waals surface area contributed by atoms with Crippen molar-refractivity contribution in [2.75, 3.05) is 26.4 Å². The summed E-state index contributed by atoms with van der Waals surface area (Å²) in [5.74, 6) is -0.434. The van der Waals surface area contributed by atoms with Crippen molar-refractivity contribution in [1.29, 1.82) is 0 Å². The van der Waals surface area contributed by atoms with Crippen LogP contribution in [0.15, 0.2) is 84.9 Å². The molecule has 1 aliphatic heterocycles. The van der Waals surface area contributed by atoms with Crippen LogP contribution >= 0.6 is 0 Å². The van der Waals surface area contributed by atoms with Gasteiger partial charge in [-0.3, -0.25) is 4.79 Å². The van der Waals surface area contributed by atoms with Gasteiger partial charge in [0.05, 0.1) is 0 Å². The topological polar surface area (TPSA) is 47.6 Å². The first-order valence-electron chi connectivity index (χ1n) is 11.0. The van der Waals surface area contributed by atoms with Crippen LogP contribution in [0.1, 0.15) is 35.6 Å². The minimum absolute atomic E-state index is 0.0511. The number of hydrogen-bond acceptors (Lipinski definition) is 3. The molecule has 0 spiro atoms. The SMILES string of the molecule is O=C(COC(c1ccccc1)c1ccccc1)NCC1(c2ccc(F)cc2)CCOCC1. The van der Waals surface area contributed by atoms with Crippen LogP contribution < -0.4 is 5.32 Å². The van der Waals surface area contributed by atoms with Gasteiger partial charge in [0.15, 0.2) is 0 Å². The molecule has 0 saturated carbocycles. The lowest BCUT2D eigenvalue weighted by Gasteiger charge is -2.38. The van der Waals surface area contributed by atoms with Crippen LogP contribution in [0.3, 0.4) is 0 Å². The number of halogens is 1. The summed E-state index contributed by atoms with van der Waals surface area (Å²) in [4.78, 5) is 12.8. The molecule has 1 fully saturated rings. The standard InChI is InChI=1S/C27H28FNO3/c28-24-13-11-23(12-14-24)27(15-17-31-18-16-27)20-29-25(30)19-32-26(21-7-3-1-4-8-21)22-9-5-2-6-10-22/h1-14,26H,15-20H2,(H,29,30). The fraction of sp³-hybridized carbons (Fsp3) is 0.296. The van der Waals surface area contributed by atoms with Gasteiger partial charge in [-0.15, -0.1) is 0 Å². The van der Waals surface area contributed by atoms with E-state index < -0.39 is 0 Å². The van der Waals surface area contributed by atoms with E-state index >= 15 is 0 Å². The van der Waals surface area contributed by atoms with E-state index in [1.165, 1.54) is 12.1 Å². The van der Waals surface area contributed by atoms with Crippen molar-refractivity contribution >= 4 is 5.91 Å². The Hall–Kier alpha value is -3.02. The van der Waals surface area contributed by atoms with Crippen LogP contribution in [0.4, 0.5) is 4.39 Å². The average molecular weight is 434 g/mol. The van der Waals surface area contributed by atoms with Crippen molar-refractivity contribution in [3.05, 3.63) is 107 Å². The number of carbonyl (C=O) groups is 1. The van der Waals surface area contributed by atoms with E-state index in [2.05, 4.69) is 5.32 Å². The van der Waals surface area contributed by atoms with Gasteiger partial charge in [-0.1, -0.05) is 72.8 Å². The van der Waals surface area contributed by atoms with E-state index in [0.29, 0.717) is 19.8 Å². The number of carbonyl (C=O) groups excluding carboxylic acids is 1. The predicted molar refractivity (Wildman–Crippen MR) is 122 cm³/mol. The maximum absolute atomic E-state index is 13.4.